The highest BCUT2D eigenvalue weighted by atomic mass is 19.1. The van der Waals surface area contributed by atoms with Crippen LogP contribution in [0, 0.1) is 0 Å². The van der Waals surface area contributed by atoms with Crippen molar-refractivity contribution in [3.8, 4) is 0 Å². The molecule has 0 spiro atoms. The lowest BCUT2D eigenvalue weighted by Gasteiger charge is -2.10. The summed E-state index contributed by atoms with van der Waals surface area (Å²) < 4.78 is 11.8. The molecule has 2 N–H and O–H groups in total. The molecular weight excluding hydrogens is 233 g/mol. The van der Waals surface area contributed by atoms with Crippen LogP contribution in [-0.2, 0) is 4.79 Å². The van der Waals surface area contributed by atoms with Crippen molar-refractivity contribution in [2.75, 3.05) is 13.2 Å². The maximum absolute atomic E-state index is 11.8. The second-order valence-electron chi connectivity index (χ2n) is 4.79. The summed E-state index contributed by atoms with van der Waals surface area (Å²) in [6.07, 6.45) is 7.02. The fraction of sp³-hybridized carbons (Fsp3) is 0.929. The van der Waals surface area contributed by atoms with Crippen LogP contribution in [-0.4, -0.2) is 30.3 Å². The minimum absolute atomic E-state index is 0.00890. The van der Waals surface area contributed by atoms with Gasteiger partial charge in [-0.15, -0.1) is 0 Å². The molecule has 0 saturated carbocycles. The fourth-order valence-electron chi connectivity index (χ4n) is 1.80. The van der Waals surface area contributed by atoms with E-state index in [1.807, 2.05) is 0 Å². The van der Waals surface area contributed by atoms with Gasteiger partial charge in [0.1, 0.15) is 0 Å². The normalized spacial score (nSPS) is 12.4. The molecule has 0 fully saturated rings. The van der Waals surface area contributed by atoms with Gasteiger partial charge in [0, 0.05) is 13.0 Å². The Labute approximate surface area is 110 Å². The quantitative estimate of drug-likeness (QED) is 0.531. The summed E-state index contributed by atoms with van der Waals surface area (Å²) in [5, 5.41) is 12.4. The molecule has 0 aliphatic rings. The van der Waals surface area contributed by atoms with E-state index >= 15 is 0 Å². The third kappa shape index (κ3) is 11.8. The molecule has 0 aliphatic heterocycles. The summed E-state index contributed by atoms with van der Waals surface area (Å²) in [4.78, 5) is 11.4. The molecule has 1 amide bonds. The Morgan fingerprint density at radius 2 is 1.94 bits per heavy atom. The van der Waals surface area contributed by atoms with Gasteiger partial charge in [0.25, 0.3) is 0 Å². The number of unbranched alkanes of at least 4 members (excludes halogenated alkanes) is 4. The van der Waals surface area contributed by atoms with E-state index in [2.05, 4.69) is 12.2 Å². The smallest absolute Gasteiger partial charge is 0.219 e. The van der Waals surface area contributed by atoms with Crippen molar-refractivity contribution in [2.45, 2.75) is 70.8 Å². The van der Waals surface area contributed by atoms with Gasteiger partial charge in [0.05, 0.1) is 12.8 Å². The summed E-state index contributed by atoms with van der Waals surface area (Å²) in [6.45, 7) is 2.37. The van der Waals surface area contributed by atoms with Crippen LogP contribution in [0.3, 0.4) is 0 Å². The minimum atomic E-state index is -0.302. The van der Waals surface area contributed by atoms with Gasteiger partial charge in [0.15, 0.2) is 0 Å². The molecule has 1 atom stereocenters. The number of halogens is 1. The molecule has 3 nitrogen and oxygen atoms in total. The number of aliphatic hydroxyl groups excluding tert-OH is 1. The van der Waals surface area contributed by atoms with Crippen molar-refractivity contribution in [1.82, 2.24) is 5.32 Å². The second kappa shape index (κ2) is 12.8. The molecule has 0 bridgehead atoms. The zero-order valence-electron chi connectivity index (χ0n) is 11.6. The van der Waals surface area contributed by atoms with Crippen LogP contribution < -0.4 is 5.32 Å². The summed E-state index contributed by atoms with van der Waals surface area (Å²) in [5.74, 6) is 0.00890. The molecule has 18 heavy (non-hydrogen) atoms. The van der Waals surface area contributed by atoms with Gasteiger partial charge in [-0.1, -0.05) is 32.6 Å². The van der Waals surface area contributed by atoms with Gasteiger partial charge in [-0.3, -0.25) is 9.18 Å². The Balaban J connectivity index is 3.32. The van der Waals surface area contributed by atoms with E-state index in [-0.39, 0.29) is 18.7 Å². The van der Waals surface area contributed by atoms with E-state index in [1.54, 1.807) is 0 Å². The topological polar surface area (TPSA) is 49.3 Å². The SMILES string of the molecule is CCCCCC(O)CCNC(=O)CCCCCF. The van der Waals surface area contributed by atoms with E-state index in [0.717, 1.165) is 38.5 Å². The van der Waals surface area contributed by atoms with Crippen molar-refractivity contribution < 1.29 is 14.3 Å². The number of nitrogens with one attached hydrogen (secondary N) is 1. The van der Waals surface area contributed by atoms with E-state index in [9.17, 15) is 14.3 Å². The molecule has 108 valence electrons. The van der Waals surface area contributed by atoms with Crippen LogP contribution in [0.2, 0.25) is 0 Å². The number of hydrogen-bond acceptors (Lipinski definition) is 2. The molecule has 0 saturated heterocycles. The molecular formula is C14H28FNO2. The highest BCUT2D eigenvalue weighted by Crippen LogP contribution is 2.05. The lowest BCUT2D eigenvalue weighted by Crippen LogP contribution is -2.26. The van der Waals surface area contributed by atoms with Crippen LogP contribution >= 0.6 is 0 Å². The monoisotopic (exact) mass is 261 g/mol. The number of amides is 1. The summed E-state index contributed by atoms with van der Waals surface area (Å²) in [6, 6.07) is 0. The minimum Gasteiger partial charge on any atom is -0.393 e. The number of carbonyl (C=O) groups is 1. The van der Waals surface area contributed by atoms with Crippen molar-refractivity contribution in [3.05, 3.63) is 0 Å². The summed E-state index contributed by atoms with van der Waals surface area (Å²) in [5.41, 5.74) is 0. The molecule has 4 heteroatoms. The standard InChI is InChI=1S/C14H28FNO2/c1-2-3-5-8-13(17)10-12-16-14(18)9-6-4-7-11-15/h13,17H,2-12H2,1H3,(H,16,18). The molecule has 0 rings (SSSR count). The Bertz CT molecular complexity index is 200. The molecule has 0 aromatic rings. The Morgan fingerprint density at radius 1 is 1.17 bits per heavy atom. The van der Waals surface area contributed by atoms with Gasteiger partial charge in [0.2, 0.25) is 5.91 Å². The van der Waals surface area contributed by atoms with Crippen molar-refractivity contribution >= 4 is 5.91 Å². The van der Waals surface area contributed by atoms with Crippen LogP contribution in [0.1, 0.15) is 64.7 Å². The van der Waals surface area contributed by atoms with E-state index in [1.165, 1.54) is 0 Å². The Hall–Kier alpha value is -0.640. The van der Waals surface area contributed by atoms with Gasteiger partial charge >= 0.3 is 0 Å². The Morgan fingerprint density at radius 3 is 2.61 bits per heavy atom. The highest BCUT2D eigenvalue weighted by Gasteiger charge is 2.05. The fourth-order valence-corrected chi connectivity index (χ4v) is 1.80. The van der Waals surface area contributed by atoms with Crippen LogP contribution in [0.4, 0.5) is 4.39 Å². The molecule has 0 radical (unpaired) electrons. The maximum Gasteiger partial charge on any atom is 0.219 e. The predicted octanol–water partition coefficient (Wildman–Crippen LogP) is 2.96. The van der Waals surface area contributed by atoms with Gasteiger partial charge in [-0.2, -0.15) is 0 Å². The lowest BCUT2D eigenvalue weighted by atomic mass is 10.1. The van der Waals surface area contributed by atoms with Crippen molar-refractivity contribution in [3.63, 3.8) is 0 Å². The first-order valence-electron chi connectivity index (χ1n) is 7.21. The highest BCUT2D eigenvalue weighted by molar-refractivity contribution is 5.75. The lowest BCUT2D eigenvalue weighted by molar-refractivity contribution is -0.121. The molecule has 0 aromatic carbocycles. The average molecular weight is 261 g/mol. The van der Waals surface area contributed by atoms with E-state index in [0.29, 0.717) is 25.8 Å². The molecule has 0 heterocycles. The third-order valence-corrected chi connectivity index (χ3v) is 2.98. The Kier molecular flexibility index (Phi) is 12.4. The van der Waals surface area contributed by atoms with Gasteiger partial charge < -0.3 is 10.4 Å². The van der Waals surface area contributed by atoms with Gasteiger partial charge in [-0.25, -0.2) is 0 Å². The first kappa shape index (κ1) is 17.4. The number of rotatable bonds is 12. The van der Waals surface area contributed by atoms with Crippen LogP contribution in [0.25, 0.3) is 0 Å². The zero-order chi connectivity index (χ0) is 13.6. The first-order chi connectivity index (χ1) is 8.70. The molecule has 0 aliphatic carbocycles. The number of hydrogen-bond donors (Lipinski definition) is 2. The summed E-state index contributed by atoms with van der Waals surface area (Å²) >= 11 is 0. The summed E-state index contributed by atoms with van der Waals surface area (Å²) in [7, 11) is 0. The number of alkyl halides is 1. The average Bonchev–Trinajstić information content (AvgIpc) is 2.35. The zero-order valence-corrected chi connectivity index (χ0v) is 11.6. The second-order valence-corrected chi connectivity index (χ2v) is 4.79. The number of aliphatic hydroxyl groups is 1. The van der Waals surface area contributed by atoms with Crippen LogP contribution in [0.5, 0.6) is 0 Å². The number of carbonyl (C=O) groups excluding carboxylic acids is 1. The molecule has 1 unspecified atom stereocenters. The van der Waals surface area contributed by atoms with E-state index in [4.69, 9.17) is 0 Å². The maximum atomic E-state index is 11.8. The van der Waals surface area contributed by atoms with E-state index < -0.39 is 0 Å². The largest absolute Gasteiger partial charge is 0.393 e. The van der Waals surface area contributed by atoms with Crippen molar-refractivity contribution in [2.24, 2.45) is 0 Å². The van der Waals surface area contributed by atoms with Gasteiger partial charge in [-0.05, 0) is 25.7 Å². The van der Waals surface area contributed by atoms with Crippen molar-refractivity contribution in [1.29, 1.82) is 0 Å². The van der Waals surface area contributed by atoms with Crippen LogP contribution in [0.15, 0.2) is 0 Å². The third-order valence-electron chi connectivity index (χ3n) is 2.98. The predicted molar refractivity (Wildman–Crippen MR) is 72.2 cm³/mol. The molecule has 0 aromatic heterocycles. The first-order valence-corrected chi connectivity index (χ1v) is 7.21.